The van der Waals surface area contributed by atoms with Crippen LogP contribution in [0.2, 0.25) is 0 Å². The lowest BCUT2D eigenvalue weighted by atomic mass is 10.2. The zero-order valence-corrected chi connectivity index (χ0v) is 35.8. The summed E-state index contributed by atoms with van der Waals surface area (Å²) in [4.78, 5) is 4.10. The van der Waals surface area contributed by atoms with Crippen molar-refractivity contribution in [3.05, 3.63) is 88.2 Å². The van der Waals surface area contributed by atoms with Gasteiger partial charge in [0, 0.05) is 43.5 Å². The van der Waals surface area contributed by atoms with E-state index in [1.54, 1.807) is 0 Å². The van der Waals surface area contributed by atoms with Gasteiger partial charge in [-0.25, -0.2) is 0 Å². The van der Waals surface area contributed by atoms with Gasteiger partial charge in [0.1, 0.15) is 0 Å². The molecule has 226 valence electrons. The lowest BCUT2D eigenvalue weighted by molar-refractivity contribution is 1.35. The minimum Gasteiger partial charge on any atom is -0.174 e. The molecule has 0 aromatic heterocycles. The van der Waals surface area contributed by atoms with Crippen LogP contribution in [0.4, 0.5) is 0 Å². The Hall–Kier alpha value is 3.26. The van der Waals surface area contributed by atoms with Crippen molar-refractivity contribution in [3.63, 3.8) is 0 Å². The van der Waals surface area contributed by atoms with E-state index in [4.69, 9.17) is 0 Å². The number of thiol groups is 3. The molecule has 4 aliphatic heterocycles. The second-order valence-corrected chi connectivity index (χ2v) is 24.3. The third-order valence-corrected chi connectivity index (χ3v) is 25.7. The Morgan fingerprint density at radius 3 is 1.24 bits per heavy atom. The highest BCUT2D eigenvalue weighted by Crippen LogP contribution is 2.65. The molecule has 0 unspecified atom stereocenters. The maximum atomic E-state index is 4.66. The number of thioether (sulfide) groups is 13. The second-order valence-electron chi connectivity index (χ2n) is 8.15. The number of hydrogen-bond donors (Lipinski definition) is 3. The molecule has 4 aliphatic rings. The van der Waals surface area contributed by atoms with E-state index in [-0.39, 0.29) is 0 Å². The topological polar surface area (TPSA) is 0 Å². The first-order valence-electron chi connectivity index (χ1n) is 12.1. The molecule has 0 radical (unpaired) electrons. The van der Waals surface area contributed by atoms with Crippen molar-refractivity contribution in [2.45, 2.75) is 11.5 Å². The number of rotatable bonds is 12. The molecule has 0 fully saturated rings. The highest BCUT2D eigenvalue weighted by atomic mass is 32.3. The normalized spacial score (nSPS) is 19.8. The highest BCUT2D eigenvalue weighted by Gasteiger charge is 2.30. The average molecular weight is 852 g/mol. The highest BCUT2D eigenvalue weighted by molar-refractivity contribution is 8.44. The summed E-state index contributed by atoms with van der Waals surface area (Å²) in [5, 5.41) is 0. The van der Waals surface area contributed by atoms with Crippen LogP contribution in [0, 0.1) is 0 Å². The van der Waals surface area contributed by atoms with Crippen LogP contribution < -0.4 is 0 Å². The SMILES string of the molecule is CSC1=C(SC)SC(=C2SC(CS)=C(SCc3ccc(CSC4=C(SC)SC(=C5SC(CS)=C(CS)S5)S4)cc3)S2)S1. The molecule has 4 heterocycles. The fourth-order valence-corrected chi connectivity index (χ4v) is 22.6. The van der Waals surface area contributed by atoms with Gasteiger partial charge in [-0.05, 0) is 29.9 Å². The molecular formula is C26H26S16. The molecule has 0 atom stereocenters. The zero-order chi connectivity index (χ0) is 29.6. The molecule has 0 amide bonds. The first kappa shape index (κ1) is 36.5. The monoisotopic (exact) mass is 850 g/mol. The maximum absolute atomic E-state index is 4.66. The van der Waals surface area contributed by atoms with Gasteiger partial charge in [0.2, 0.25) is 0 Å². The van der Waals surface area contributed by atoms with Crippen molar-refractivity contribution < 1.29 is 0 Å². The predicted octanol–water partition coefficient (Wildman–Crippen LogP) is 13.8. The lowest BCUT2D eigenvalue weighted by Gasteiger charge is -2.07. The minimum atomic E-state index is 0.789. The fraction of sp³-hybridized carbons (Fsp3) is 0.308. The van der Waals surface area contributed by atoms with E-state index < -0.39 is 0 Å². The van der Waals surface area contributed by atoms with Crippen LogP contribution in [0.15, 0.2) is 77.1 Å². The summed E-state index contributed by atoms with van der Waals surface area (Å²) in [5.74, 6) is 4.35. The molecule has 0 N–H and O–H groups in total. The van der Waals surface area contributed by atoms with E-state index in [9.17, 15) is 0 Å². The summed E-state index contributed by atoms with van der Waals surface area (Å²) >= 11 is 38.6. The molecule has 1 aromatic rings. The van der Waals surface area contributed by atoms with Crippen LogP contribution >= 0.6 is 191 Å². The van der Waals surface area contributed by atoms with Crippen LogP contribution in [-0.4, -0.2) is 36.0 Å². The van der Waals surface area contributed by atoms with Crippen molar-refractivity contribution in [3.8, 4) is 0 Å². The van der Waals surface area contributed by atoms with Crippen molar-refractivity contribution in [2.24, 2.45) is 0 Å². The summed E-state index contributed by atoms with van der Waals surface area (Å²) < 4.78 is 12.8. The van der Waals surface area contributed by atoms with Crippen molar-refractivity contribution in [1.29, 1.82) is 0 Å². The quantitative estimate of drug-likeness (QED) is 0.171. The molecule has 0 aliphatic carbocycles. The van der Waals surface area contributed by atoms with Crippen LogP contribution in [0.3, 0.4) is 0 Å². The Morgan fingerprint density at radius 1 is 0.452 bits per heavy atom. The Bertz CT molecular complexity index is 1240. The molecule has 1 aromatic carbocycles. The molecular weight excluding hydrogens is 825 g/mol. The Labute approximate surface area is 322 Å². The van der Waals surface area contributed by atoms with Crippen LogP contribution in [0.1, 0.15) is 11.1 Å². The molecule has 16 heteroatoms. The Morgan fingerprint density at radius 2 is 0.786 bits per heavy atom. The maximum Gasteiger partial charge on any atom is 0.0717 e. The summed E-state index contributed by atoms with van der Waals surface area (Å²) in [5.41, 5.74) is 2.75. The van der Waals surface area contributed by atoms with E-state index >= 15 is 0 Å². The fourth-order valence-electron chi connectivity index (χ4n) is 3.49. The van der Waals surface area contributed by atoms with Gasteiger partial charge in [-0.1, -0.05) is 118 Å². The van der Waals surface area contributed by atoms with Crippen molar-refractivity contribution in [1.82, 2.24) is 0 Å². The van der Waals surface area contributed by atoms with Crippen LogP contribution in [0.25, 0.3) is 0 Å². The van der Waals surface area contributed by atoms with Crippen molar-refractivity contribution in [2.75, 3.05) is 36.0 Å². The second kappa shape index (κ2) is 18.3. The molecule has 0 bridgehead atoms. The summed E-state index contributed by atoms with van der Waals surface area (Å²) in [7, 11) is 0. The van der Waals surface area contributed by atoms with Gasteiger partial charge in [-0.2, -0.15) is 37.9 Å². The lowest BCUT2D eigenvalue weighted by Crippen LogP contribution is -1.85. The standard InChI is InChI=1S/C26H26S16/c1-30-19-20(31-2)40-26(39-19)24-37-17(10-29)18(38-24)33-11-13-4-6-14(7-5-13)12-34-22-21(32-3)41-25(42-22)23-35-15(8-27)16(9-28)36-23/h4-7,27-29H,8-12H2,1-3H3. The zero-order valence-electron chi connectivity index (χ0n) is 22.5. The predicted molar refractivity (Wildman–Crippen MR) is 234 cm³/mol. The van der Waals surface area contributed by atoms with E-state index in [1.165, 1.54) is 64.0 Å². The third-order valence-electron chi connectivity index (χ3n) is 5.53. The summed E-state index contributed by atoms with van der Waals surface area (Å²) in [6, 6.07) is 9.23. The molecule has 0 saturated carbocycles. The first-order valence-corrected chi connectivity index (χ1v) is 26.2. The minimum absolute atomic E-state index is 0.789. The number of hydrogen-bond acceptors (Lipinski definition) is 16. The van der Waals surface area contributed by atoms with E-state index in [0.29, 0.717) is 0 Å². The van der Waals surface area contributed by atoms with Gasteiger partial charge < -0.3 is 0 Å². The number of benzene rings is 1. The largest absolute Gasteiger partial charge is 0.174 e. The van der Waals surface area contributed by atoms with Gasteiger partial charge in [-0.15, -0.1) is 58.8 Å². The first-order chi connectivity index (χ1) is 20.5. The van der Waals surface area contributed by atoms with Crippen molar-refractivity contribution >= 4 is 191 Å². The van der Waals surface area contributed by atoms with Gasteiger partial charge in [0.25, 0.3) is 0 Å². The van der Waals surface area contributed by atoms with E-state index in [2.05, 4.69) is 80.9 Å². The van der Waals surface area contributed by atoms with Crippen LogP contribution in [0.5, 0.6) is 0 Å². The van der Waals surface area contributed by atoms with Gasteiger partial charge in [0.05, 0.1) is 38.1 Å². The molecule has 0 nitrogen and oxygen atoms in total. The van der Waals surface area contributed by atoms with E-state index in [0.717, 1.165) is 28.8 Å². The Balaban J connectivity index is 1.14. The molecule has 5 rings (SSSR count). The van der Waals surface area contributed by atoms with E-state index in [1.807, 2.05) is 153 Å². The average Bonchev–Trinajstić information content (AvgIpc) is 3.82. The molecule has 42 heavy (non-hydrogen) atoms. The van der Waals surface area contributed by atoms with Crippen LogP contribution in [-0.2, 0) is 11.5 Å². The summed E-state index contributed by atoms with van der Waals surface area (Å²) in [6.45, 7) is 0. The third kappa shape index (κ3) is 9.28. The molecule has 0 saturated heterocycles. The molecule has 0 spiro atoms. The summed E-state index contributed by atoms with van der Waals surface area (Å²) in [6.07, 6.45) is 6.54. The smallest absolute Gasteiger partial charge is 0.0717 e. The van der Waals surface area contributed by atoms with Gasteiger partial charge in [0.15, 0.2) is 0 Å². The Kier molecular flexibility index (Phi) is 15.9. The van der Waals surface area contributed by atoms with Gasteiger partial charge >= 0.3 is 0 Å². The van der Waals surface area contributed by atoms with Gasteiger partial charge in [-0.3, -0.25) is 0 Å².